The van der Waals surface area contributed by atoms with Gasteiger partial charge in [0, 0.05) is 6.42 Å². The number of para-hydroxylation sites is 1. The topological polar surface area (TPSA) is 46.2 Å². The number of benzene rings is 1. The molecule has 148 valence electrons. The quantitative estimate of drug-likeness (QED) is 0.427. The van der Waals surface area contributed by atoms with Crippen molar-refractivity contribution in [1.29, 1.82) is 0 Å². The standard InChI is InChI=1S/C20H34O5Si/c1-6-18(24-20(8-3)21-15-12-16-22-20)23-19(7-2)26(4,5)25-17-13-10-9-11-14-17/h9-11,13-14,18-19H,6-8,12,15-16H2,1-5H3. The maximum absolute atomic E-state index is 6.37. The van der Waals surface area contributed by atoms with Gasteiger partial charge in [-0.1, -0.05) is 39.0 Å². The summed E-state index contributed by atoms with van der Waals surface area (Å²) in [6, 6.07) is 9.95. The molecule has 0 aliphatic carbocycles. The van der Waals surface area contributed by atoms with E-state index in [-0.39, 0.29) is 12.0 Å². The van der Waals surface area contributed by atoms with Gasteiger partial charge in [0.05, 0.1) is 18.9 Å². The highest BCUT2D eigenvalue weighted by Crippen LogP contribution is 2.29. The summed E-state index contributed by atoms with van der Waals surface area (Å²) >= 11 is 0. The highest BCUT2D eigenvalue weighted by Gasteiger charge is 2.41. The van der Waals surface area contributed by atoms with E-state index in [1.54, 1.807) is 0 Å². The summed E-state index contributed by atoms with van der Waals surface area (Å²) < 4.78 is 30.5. The van der Waals surface area contributed by atoms with E-state index >= 15 is 0 Å². The lowest BCUT2D eigenvalue weighted by molar-refractivity contribution is -0.436. The van der Waals surface area contributed by atoms with Crippen molar-refractivity contribution in [3.63, 3.8) is 0 Å². The van der Waals surface area contributed by atoms with Gasteiger partial charge in [0.2, 0.25) is 0 Å². The third-order valence-corrected chi connectivity index (χ3v) is 7.45. The summed E-state index contributed by atoms with van der Waals surface area (Å²) in [4.78, 5) is 0. The van der Waals surface area contributed by atoms with Crippen molar-refractivity contribution in [1.82, 2.24) is 0 Å². The van der Waals surface area contributed by atoms with E-state index in [0.717, 1.165) is 25.0 Å². The van der Waals surface area contributed by atoms with Crippen molar-refractivity contribution in [2.45, 2.75) is 77.5 Å². The Morgan fingerprint density at radius 1 is 1.04 bits per heavy atom. The zero-order valence-corrected chi connectivity index (χ0v) is 17.8. The van der Waals surface area contributed by atoms with Crippen molar-refractivity contribution >= 4 is 8.32 Å². The summed E-state index contributed by atoms with van der Waals surface area (Å²) in [6.45, 7) is 11.9. The maximum atomic E-state index is 6.37. The van der Waals surface area contributed by atoms with Gasteiger partial charge >= 0.3 is 0 Å². The van der Waals surface area contributed by atoms with E-state index in [9.17, 15) is 0 Å². The number of rotatable bonds is 10. The fourth-order valence-electron chi connectivity index (χ4n) is 3.11. The van der Waals surface area contributed by atoms with Gasteiger partial charge in [0.25, 0.3) is 14.3 Å². The van der Waals surface area contributed by atoms with Crippen LogP contribution in [0.2, 0.25) is 13.1 Å². The average molecular weight is 383 g/mol. The second-order valence-corrected chi connectivity index (χ2v) is 11.1. The molecule has 1 heterocycles. The van der Waals surface area contributed by atoms with Crippen LogP contribution in [0.25, 0.3) is 0 Å². The summed E-state index contributed by atoms with van der Waals surface area (Å²) in [7, 11) is -2.14. The lowest BCUT2D eigenvalue weighted by atomic mass is 10.3. The van der Waals surface area contributed by atoms with Crippen LogP contribution in [-0.4, -0.2) is 39.5 Å². The summed E-state index contributed by atoms with van der Waals surface area (Å²) in [6.07, 6.45) is 2.73. The SMILES string of the molecule is CCC(OC(CC)[Si](C)(C)Oc1ccccc1)OC1(CC)OCCCO1. The third-order valence-electron chi connectivity index (χ3n) is 4.60. The van der Waals surface area contributed by atoms with E-state index in [0.29, 0.717) is 19.6 Å². The van der Waals surface area contributed by atoms with Crippen LogP contribution in [0.1, 0.15) is 46.5 Å². The predicted molar refractivity (Wildman–Crippen MR) is 104 cm³/mol. The second-order valence-electron chi connectivity index (χ2n) is 7.09. The van der Waals surface area contributed by atoms with Gasteiger partial charge in [-0.25, -0.2) is 0 Å². The monoisotopic (exact) mass is 382 g/mol. The molecular formula is C20H34O5Si. The van der Waals surface area contributed by atoms with Gasteiger partial charge in [-0.3, -0.25) is 4.74 Å². The number of ether oxygens (including phenoxy) is 4. The normalized spacial score (nSPS) is 19.7. The first-order valence-electron chi connectivity index (χ1n) is 9.80. The average Bonchev–Trinajstić information content (AvgIpc) is 2.66. The molecule has 6 heteroatoms. The molecule has 0 N–H and O–H groups in total. The molecule has 2 unspecified atom stereocenters. The molecule has 0 amide bonds. The molecule has 1 aliphatic rings. The Balaban J connectivity index is 2.03. The van der Waals surface area contributed by atoms with Crippen LogP contribution in [-0.2, 0) is 18.9 Å². The molecule has 0 spiro atoms. The molecule has 1 aliphatic heterocycles. The summed E-state index contributed by atoms with van der Waals surface area (Å²) in [5, 5.41) is 0. The van der Waals surface area contributed by atoms with Crippen LogP contribution in [0.3, 0.4) is 0 Å². The van der Waals surface area contributed by atoms with Gasteiger partial charge in [0.1, 0.15) is 5.75 Å². The zero-order chi connectivity index (χ0) is 19.0. The van der Waals surface area contributed by atoms with Crippen LogP contribution in [0.5, 0.6) is 5.75 Å². The number of hydrogen-bond acceptors (Lipinski definition) is 5. The molecule has 1 saturated heterocycles. The molecule has 0 radical (unpaired) electrons. The Bertz CT molecular complexity index is 516. The molecule has 2 rings (SSSR count). The minimum atomic E-state index is -2.14. The Kier molecular flexibility index (Phi) is 8.10. The molecule has 0 bridgehead atoms. The van der Waals surface area contributed by atoms with Crippen LogP contribution in [0, 0.1) is 0 Å². The minimum absolute atomic E-state index is 0.00477. The smallest absolute Gasteiger partial charge is 0.284 e. The lowest BCUT2D eigenvalue weighted by Crippen LogP contribution is -2.52. The Morgan fingerprint density at radius 2 is 1.69 bits per heavy atom. The highest BCUT2D eigenvalue weighted by molar-refractivity contribution is 6.73. The molecule has 26 heavy (non-hydrogen) atoms. The largest absolute Gasteiger partial charge is 0.541 e. The zero-order valence-electron chi connectivity index (χ0n) is 16.8. The molecule has 1 aromatic rings. The fraction of sp³-hybridized carbons (Fsp3) is 0.700. The van der Waals surface area contributed by atoms with E-state index in [1.807, 2.05) is 37.3 Å². The van der Waals surface area contributed by atoms with E-state index in [4.69, 9.17) is 23.4 Å². The first-order valence-corrected chi connectivity index (χ1v) is 12.8. The van der Waals surface area contributed by atoms with Crippen LogP contribution in [0.15, 0.2) is 30.3 Å². The van der Waals surface area contributed by atoms with Crippen LogP contribution < -0.4 is 4.43 Å². The van der Waals surface area contributed by atoms with E-state index < -0.39 is 14.3 Å². The molecular weight excluding hydrogens is 348 g/mol. The third kappa shape index (κ3) is 5.79. The predicted octanol–water partition coefficient (Wildman–Crippen LogP) is 4.86. The van der Waals surface area contributed by atoms with Crippen molar-refractivity contribution in [3.05, 3.63) is 30.3 Å². The molecule has 5 nitrogen and oxygen atoms in total. The van der Waals surface area contributed by atoms with Crippen molar-refractivity contribution < 1.29 is 23.4 Å². The van der Waals surface area contributed by atoms with Crippen molar-refractivity contribution in [2.24, 2.45) is 0 Å². The molecule has 0 saturated carbocycles. The highest BCUT2D eigenvalue weighted by atomic mass is 28.4. The van der Waals surface area contributed by atoms with Crippen LogP contribution >= 0.6 is 0 Å². The first-order chi connectivity index (χ1) is 12.4. The lowest BCUT2D eigenvalue weighted by Gasteiger charge is -2.40. The number of hydrogen-bond donors (Lipinski definition) is 0. The Morgan fingerprint density at radius 3 is 2.23 bits per heavy atom. The summed E-state index contributed by atoms with van der Waals surface area (Å²) in [5.74, 6) is -0.0902. The first kappa shape index (κ1) is 21.4. The van der Waals surface area contributed by atoms with Crippen molar-refractivity contribution in [3.8, 4) is 5.75 Å². The second kappa shape index (κ2) is 9.85. The van der Waals surface area contributed by atoms with Crippen LogP contribution in [0.4, 0.5) is 0 Å². The molecule has 0 aromatic heterocycles. The molecule has 1 fully saturated rings. The van der Waals surface area contributed by atoms with Gasteiger partial charge < -0.3 is 18.6 Å². The minimum Gasteiger partial charge on any atom is -0.541 e. The Hall–Kier alpha value is -0.923. The van der Waals surface area contributed by atoms with E-state index in [2.05, 4.69) is 26.9 Å². The van der Waals surface area contributed by atoms with Crippen molar-refractivity contribution in [2.75, 3.05) is 13.2 Å². The fourth-order valence-corrected chi connectivity index (χ4v) is 5.45. The Labute approximate surface area is 159 Å². The molecule has 2 atom stereocenters. The van der Waals surface area contributed by atoms with E-state index in [1.165, 1.54) is 0 Å². The van der Waals surface area contributed by atoms with Gasteiger partial charge in [-0.15, -0.1) is 0 Å². The van der Waals surface area contributed by atoms with Gasteiger partial charge in [-0.2, -0.15) is 0 Å². The summed E-state index contributed by atoms with van der Waals surface area (Å²) in [5.41, 5.74) is 0.00477. The molecule has 1 aromatic carbocycles. The van der Waals surface area contributed by atoms with Gasteiger partial charge in [0.15, 0.2) is 6.29 Å². The maximum Gasteiger partial charge on any atom is 0.284 e. The van der Waals surface area contributed by atoms with Gasteiger partial charge in [-0.05, 0) is 44.5 Å².